The summed E-state index contributed by atoms with van der Waals surface area (Å²) in [4.78, 5) is 11.8. The molecule has 1 atom stereocenters. The predicted molar refractivity (Wildman–Crippen MR) is 67.5 cm³/mol. The Morgan fingerprint density at radius 2 is 1.88 bits per heavy atom. The molecule has 0 fully saturated rings. The number of carbonyl (C=O) groups excluding carboxylic acids is 1. The van der Waals surface area contributed by atoms with Crippen LogP contribution in [0.5, 0.6) is 0 Å². The number of benzene rings is 1. The van der Waals surface area contributed by atoms with Crippen LogP contribution in [-0.2, 0) is 11.2 Å². The van der Waals surface area contributed by atoms with Gasteiger partial charge in [-0.1, -0.05) is 18.2 Å². The molecule has 0 radical (unpaired) electrons. The van der Waals surface area contributed by atoms with Gasteiger partial charge in [0.1, 0.15) is 5.78 Å². The fraction of sp³-hybridized carbons (Fsp3) is 0.500. The van der Waals surface area contributed by atoms with E-state index in [0.717, 1.165) is 6.42 Å². The van der Waals surface area contributed by atoms with Crippen molar-refractivity contribution in [2.75, 3.05) is 0 Å². The molecule has 0 amide bonds. The maximum atomic E-state index is 11.8. The molecule has 1 unspecified atom stereocenters. The van der Waals surface area contributed by atoms with E-state index >= 15 is 0 Å². The second-order valence-corrected chi connectivity index (χ2v) is 4.60. The maximum absolute atomic E-state index is 11.8. The zero-order valence-electron chi connectivity index (χ0n) is 10.4. The van der Waals surface area contributed by atoms with Crippen molar-refractivity contribution in [3.63, 3.8) is 0 Å². The lowest BCUT2D eigenvalue weighted by atomic mass is 9.96. The van der Waals surface area contributed by atoms with Gasteiger partial charge in [-0.05, 0) is 43.9 Å². The van der Waals surface area contributed by atoms with Crippen LogP contribution in [0.4, 0.5) is 0 Å². The Hall–Kier alpha value is -1.15. The molecular weight excluding hydrogens is 198 g/mol. The van der Waals surface area contributed by atoms with Gasteiger partial charge < -0.3 is 5.73 Å². The minimum Gasteiger partial charge on any atom is -0.328 e. The molecule has 16 heavy (non-hydrogen) atoms. The fourth-order valence-corrected chi connectivity index (χ4v) is 1.80. The van der Waals surface area contributed by atoms with Crippen LogP contribution >= 0.6 is 0 Å². The number of carbonyl (C=O) groups is 1. The highest BCUT2D eigenvalue weighted by molar-refractivity contribution is 5.81. The second kappa shape index (κ2) is 5.80. The lowest BCUT2D eigenvalue weighted by Crippen LogP contribution is -2.17. The molecule has 0 aliphatic heterocycles. The molecule has 0 aliphatic carbocycles. The van der Waals surface area contributed by atoms with E-state index in [-0.39, 0.29) is 11.8 Å². The fourth-order valence-electron chi connectivity index (χ4n) is 1.80. The number of nitrogens with two attached hydrogens (primary N) is 1. The zero-order chi connectivity index (χ0) is 12.1. The lowest BCUT2D eigenvalue weighted by molar-refractivity contribution is -0.118. The summed E-state index contributed by atoms with van der Waals surface area (Å²) >= 11 is 0. The standard InChI is InChI=1S/C14H21NO/c1-10-5-4-6-11(2)14(10)9-13(16)8-7-12(3)15/h4-6,12H,7-9,15H2,1-3H3. The number of Topliss-reactive ketones (excluding diaryl/α,β-unsaturated/α-hetero) is 1. The molecule has 2 N–H and O–H groups in total. The average Bonchev–Trinajstić information content (AvgIpc) is 2.21. The highest BCUT2D eigenvalue weighted by atomic mass is 16.1. The zero-order valence-corrected chi connectivity index (χ0v) is 10.4. The number of aryl methyl sites for hydroxylation is 2. The summed E-state index contributed by atoms with van der Waals surface area (Å²) in [5, 5.41) is 0. The highest BCUT2D eigenvalue weighted by Crippen LogP contribution is 2.15. The summed E-state index contributed by atoms with van der Waals surface area (Å²) in [7, 11) is 0. The van der Waals surface area contributed by atoms with Crippen LogP contribution in [0.3, 0.4) is 0 Å². The Labute approximate surface area is 97.9 Å². The topological polar surface area (TPSA) is 43.1 Å². The monoisotopic (exact) mass is 219 g/mol. The predicted octanol–water partition coefficient (Wildman–Crippen LogP) is 2.54. The third-order valence-electron chi connectivity index (χ3n) is 2.90. The molecule has 0 aromatic heterocycles. The summed E-state index contributed by atoms with van der Waals surface area (Å²) in [5.41, 5.74) is 9.23. The molecule has 0 saturated heterocycles. The van der Waals surface area contributed by atoms with Gasteiger partial charge in [0.05, 0.1) is 0 Å². The van der Waals surface area contributed by atoms with Crippen molar-refractivity contribution in [3.05, 3.63) is 34.9 Å². The van der Waals surface area contributed by atoms with E-state index in [4.69, 9.17) is 5.73 Å². The molecule has 0 spiro atoms. The van der Waals surface area contributed by atoms with Crippen LogP contribution in [0.1, 0.15) is 36.5 Å². The summed E-state index contributed by atoms with van der Waals surface area (Å²) in [6, 6.07) is 6.25. The van der Waals surface area contributed by atoms with Crippen LogP contribution in [0, 0.1) is 13.8 Å². The maximum Gasteiger partial charge on any atom is 0.137 e. The van der Waals surface area contributed by atoms with Crippen molar-refractivity contribution in [3.8, 4) is 0 Å². The number of hydrogen-bond donors (Lipinski definition) is 1. The molecule has 88 valence electrons. The summed E-state index contributed by atoms with van der Waals surface area (Å²) in [6.45, 7) is 6.05. The van der Waals surface area contributed by atoms with Gasteiger partial charge in [0.2, 0.25) is 0 Å². The largest absolute Gasteiger partial charge is 0.328 e. The Balaban J connectivity index is 2.63. The number of ketones is 1. The third-order valence-corrected chi connectivity index (χ3v) is 2.90. The second-order valence-electron chi connectivity index (χ2n) is 4.60. The molecule has 2 heteroatoms. The first-order valence-electron chi connectivity index (χ1n) is 5.83. The number of rotatable bonds is 5. The Morgan fingerprint density at radius 3 is 2.38 bits per heavy atom. The molecule has 1 rings (SSSR count). The Bertz CT molecular complexity index is 349. The van der Waals surface area contributed by atoms with E-state index in [1.54, 1.807) is 0 Å². The van der Waals surface area contributed by atoms with Gasteiger partial charge in [0.15, 0.2) is 0 Å². The summed E-state index contributed by atoms with van der Waals surface area (Å²) in [5.74, 6) is 0.287. The smallest absolute Gasteiger partial charge is 0.137 e. The molecule has 0 heterocycles. The van der Waals surface area contributed by atoms with Crippen molar-refractivity contribution in [2.24, 2.45) is 5.73 Å². The van der Waals surface area contributed by atoms with Gasteiger partial charge in [-0.3, -0.25) is 4.79 Å². The van der Waals surface area contributed by atoms with E-state index in [1.807, 2.05) is 13.0 Å². The van der Waals surface area contributed by atoms with Gasteiger partial charge in [0.25, 0.3) is 0 Å². The molecular formula is C14H21NO. The van der Waals surface area contributed by atoms with Crippen molar-refractivity contribution < 1.29 is 4.79 Å². The lowest BCUT2D eigenvalue weighted by Gasteiger charge is -2.09. The van der Waals surface area contributed by atoms with Gasteiger partial charge in [-0.15, -0.1) is 0 Å². The number of hydrogen-bond acceptors (Lipinski definition) is 2. The SMILES string of the molecule is Cc1cccc(C)c1CC(=O)CCC(C)N. The van der Waals surface area contributed by atoms with Gasteiger partial charge in [-0.25, -0.2) is 0 Å². The van der Waals surface area contributed by atoms with E-state index in [2.05, 4.69) is 26.0 Å². The van der Waals surface area contributed by atoms with E-state index in [1.165, 1.54) is 16.7 Å². The molecule has 1 aromatic rings. The first kappa shape index (κ1) is 12.9. The van der Waals surface area contributed by atoms with Crippen LogP contribution in [0.2, 0.25) is 0 Å². The van der Waals surface area contributed by atoms with Gasteiger partial charge in [0, 0.05) is 18.9 Å². The molecule has 0 aliphatic rings. The first-order valence-corrected chi connectivity index (χ1v) is 5.83. The van der Waals surface area contributed by atoms with Crippen LogP contribution in [0.15, 0.2) is 18.2 Å². The molecule has 0 saturated carbocycles. The molecule has 2 nitrogen and oxygen atoms in total. The van der Waals surface area contributed by atoms with Gasteiger partial charge in [-0.2, -0.15) is 0 Å². The minimum absolute atomic E-state index is 0.113. The van der Waals surface area contributed by atoms with E-state index in [9.17, 15) is 4.79 Å². The van der Waals surface area contributed by atoms with Crippen molar-refractivity contribution in [1.29, 1.82) is 0 Å². The van der Waals surface area contributed by atoms with Crippen LogP contribution in [-0.4, -0.2) is 11.8 Å². The normalized spacial score (nSPS) is 12.5. The average molecular weight is 219 g/mol. The van der Waals surface area contributed by atoms with Crippen molar-refractivity contribution in [1.82, 2.24) is 0 Å². The van der Waals surface area contributed by atoms with Crippen LogP contribution in [0.25, 0.3) is 0 Å². The molecule has 0 bridgehead atoms. The first-order chi connectivity index (χ1) is 7.50. The van der Waals surface area contributed by atoms with Gasteiger partial charge >= 0.3 is 0 Å². The Kier molecular flexibility index (Phi) is 4.69. The van der Waals surface area contributed by atoms with Crippen LogP contribution < -0.4 is 5.73 Å². The van der Waals surface area contributed by atoms with Crippen molar-refractivity contribution in [2.45, 2.75) is 46.1 Å². The van der Waals surface area contributed by atoms with Crippen molar-refractivity contribution >= 4 is 5.78 Å². The highest BCUT2D eigenvalue weighted by Gasteiger charge is 2.09. The quantitative estimate of drug-likeness (QED) is 0.827. The van der Waals surface area contributed by atoms with E-state index in [0.29, 0.717) is 12.8 Å². The Morgan fingerprint density at radius 1 is 1.31 bits per heavy atom. The third kappa shape index (κ3) is 3.78. The molecule has 1 aromatic carbocycles. The summed E-state index contributed by atoms with van der Waals surface area (Å²) < 4.78 is 0. The van der Waals surface area contributed by atoms with E-state index < -0.39 is 0 Å². The minimum atomic E-state index is 0.113. The summed E-state index contributed by atoms with van der Waals surface area (Å²) in [6.07, 6.45) is 1.92.